The Kier molecular flexibility index (Phi) is 5.35. The summed E-state index contributed by atoms with van der Waals surface area (Å²) in [5.41, 5.74) is 1.83. The molecule has 6 heteroatoms. The van der Waals surface area contributed by atoms with Crippen molar-refractivity contribution < 1.29 is 19.1 Å². The van der Waals surface area contributed by atoms with Gasteiger partial charge in [0.25, 0.3) is 0 Å². The summed E-state index contributed by atoms with van der Waals surface area (Å²) in [4.78, 5) is 25.1. The molecule has 6 nitrogen and oxygen atoms in total. The summed E-state index contributed by atoms with van der Waals surface area (Å²) in [5, 5.41) is 5.68. The number of carbonyl (C=O) groups is 2. The maximum Gasteiger partial charge on any atom is 0.235 e. The highest BCUT2D eigenvalue weighted by molar-refractivity contribution is 6.04. The lowest BCUT2D eigenvalue weighted by Crippen LogP contribution is -2.47. The van der Waals surface area contributed by atoms with Gasteiger partial charge in [0, 0.05) is 13.1 Å². The lowest BCUT2D eigenvalue weighted by Gasteiger charge is -2.23. The van der Waals surface area contributed by atoms with Gasteiger partial charge in [-0.1, -0.05) is 30.3 Å². The molecule has 27 heavy (non-hydrogen) atoms. The quantitative estimate of drug-likeness (QED) is 0.769. The lowest BCUT2D eigenvalue weighted by atomic mass is 9.90. The van der Waals surface area contributed by atoms with Crippen molar-refractivity contribution in [2.24, 2.45) is 5.41 Å². The first-order valence-corrected chi connectivity index (χ1v) is 8.87. The van der Waals surface area contributed by atoms with Crippen LogP contribution in [-0.4, -0.2) is 18.6 Å². The van der Waals surface area contributed by atoms with Gasteiger partial charge < -0.3 is 20.1 Å². The first kappa shape index (κ1) is 18.8. The van der Waals surface area contributed by atoms with Crippen molar-refractivity contribution in [1.29, 1.82) is 0 Å². The molecule has 0 aromatic heterocycles. The highest BCUT2D eigenvalue weighted by Crippen LogP contribution is 2.32. The van der Waals surface area contributed by atoms with Gasteiger partial charge in [0.1, 0.15) is 5.41 Å². The number of aryl methyl sites for hydroxylation is 1. The van der Waals surface area contributed by atoms with E-state index < -0.39 is 5.41 Å². The Morgan fingerprint density at radius 1 is 0.963 bits per heavy atom. The molecule has 1 heterocycles. The summed E-state index contributed by atoms with van der Waals surface area (Å²) in [6, 6.07) is 13.3. The van der Waals surface area contributed by atoms with Crippen LogP contribution in [0, 0.1) is 12.3 Å². The summed E-state index contributed by atoms with van der Waals surface area (Å²) < 4.78 is 10.6. The van der Waals surface area contributed by atoms with E-state index in [9.17, 15) is 9.59 Å². The Balaban J connectivity index is 1.56. The molecule has 0 radical (unpaired) electrons. The fourth-order valence-corrected chi connectivity index (χ4v) is 2.76. The van der Waals surface area contributed by atoms with Gasteiger partial charge in [-0.3, -0.25) is 9.59 Å². The topological polar surface area (TPSA) is 76.7 Å². The largest absolute Gasteiger partial charge is 0.454 e. The zero-order valence-corrected chi connectivity index (χ0v) is 15.8. The molecule has 0 spiro atoms. The second kappa shape index (κ2) is 7.70. The van der Waals surface area contributed by atoms with E-state index in [1.165, 1.54) is 0 Å². The third-order valence-corrected chi connectivity index (χ3v) is 4.73. The SMILES string of the molecule is Cc1ccccc1CNC(=O)C(C)(C)C(=O)NCc1ccc2c(c1)OCO2. The highest BCUT2D eigenvalue weighted by Gasteiger charge is 2.35. The number of ether oxygens (including phenoxy) is 2. The predicted molar refractivity (Wildman–Crippen MR) is 101 cm³/mol. The minimum Gasteiger partial charge on any atom is -0.454 e. The maximum atomic E-state index is 12.6. The van der Waals surface area contributed by atoms with E-state index in [0.29, 0.717) is 24.6 Å². The van der Waals surface area contributed by atoms with Gasteiger partial charge in [0.15, 0.2) is 11.5 Å². The fraction of sp³-hybridized carbons (Fsp3) is 0.333. The summed E-state index contributed by atoms with van der Waals surface area (Å²) >= 11 is 0. The molecule has 0 aliphatic carbocycles. The van der Waals surface area contributed by atoms with Crippen molar-refractivity contribution in [2.45, 2.75) is 33.9 Å². The Bertz CT molecular complexity index is 861. The van der Waals surface area contributed by atoms with Gasteiger partial charge >= 0.3 is 0 Å². The van der Waals surface area contributed by atoms with E-state index in [-0.39, 0.29) is 18.6 Å². The van der Waals surface area contributed by atoms with Crippen molar-refractivity contribution in [1.82, 2.24) is 10.6 Å². The molecule has 0 saturated carbocycles. The molecule has 0 saturated heterocycles. The fourth-order valence-electron chi connectivity index (χ4n) is 2.76. The van der Waals surface area contributed by atoms with Crippen molar-refractivity contribution in [3.8, 4) is 11.5 Å². The van der Waals surface area contributed by atoms with Crippen LogP contribution >= 0.6 is 0 Å². The monoisotopic (exact) mass is 368 g/mol. The third-order valence-electron chi connectivity index (χ3n) is 4.73. The van der Waals surface area contributed by atoms with Gasteiger partial charge in [0.05, 0.1) is 0 Å². The zero-order chi connectivity index (χ0) is 19.4. The first-order chi connectivity index (χ1) is 12.9. The van der Waals surface area contributed by atoms with Crippen LogP contribution in [0.1, 0.15) is 30.5 Å². The second-order valence-corrected chi connectivity index (χ2v) is 7.10. The molecule has 0 fully saturated rings. The highest BCUT2D eigenvalue weighted by atomic mass is 16.7. The van der Waals surface area contributed by atoms with Gasteiger partial charge in [-0.2, -0.15) is 0 Å². The average Bonchev–Trinajstić information content (AvgIpc) is 3.12. The molecule has 2 aromatic carbocycles. The molecule has 0 bridgehead atoms. The minimum absolute atomic E-state index is 0.208. The van der Waals surface area contributed by atoms with Crippen LogP contribution in [0.2, 0.25) is 0 Å². The summed E-state index contributed by atoms with van der Waals surface area (Å²) in [7, 11) is 0. The number of hydrogen-bond acceptors (Lipinski definition) is 4. The number of hydrogen-bond donors (Lipinski definition) is 2. The molecule has 2 amide bonds. The Morgan fingerprint density at radius 3 is 2.37 bits per heavy atom. The van der Waals surface area contributed by atoms with E-state index in [1.807, 2.05) is 49.4 Å². The Labute approximate surface area is 158 Å². The molecular formula is C21H24N2O4. The maximum absolute atomic E-state index is 12.6. The molecule has 3 rings (SSSR count). The van der Waals surface area contributed by atoms with E-state index in [1.54, 1.807) is 13.8 Å². The summed E-state index contributed by atoms with van der Waals surface area (Å²) in [5.74, 6) is 0.717. The minimum atomic E-state index is -1.18. The lowest BCUT2D eigenvalue weighted by molar-refractivity contribution is -0.141. The van der Waals surface area contributed by atoms with Crippen LogP contribution in [0.25, 0.3) is 0 Å². The molecule has 142 valence electrons. The number of rotatable bonds is 6. The number of benzene rings is 2. The van der Waals surface area contributed by atoms with Crippen LogP contribution in [0.4, 0.5) is 0 Å². The van der Waals surface area contributed by atoms with Crippen LogP contribution in [0.5, 0.6) is 11.5 Å². The van der Waals surface area contributed by atoms with Crippen LogP contribution in [0.15, 0.2) is 42.5 Å². The van der Waals surface area contributed by atoms with E-state index in [4.69, 9.17) is 9.47 Å². The molecule has 0 atom stereocenters. The van der Waals surface area contributed by atoms with Crippen molar-refractivity contribution >= 4 is 11.8 Å². The van der Waals surface area contributed by atoms with Crippen molar-refractivity contribution in [3.63, 3.8) is 0 Å². The molecule has 2 N–H and O–H groups in total. The molecule has 2 aromatic rings. The smallest absolute Gasteiger partial charge is 0.235 e. The van der Waals surface area contributed by atoms with E-state index in [2.05, 4.69) is 10.6 Å². The third kappa shape index (κ3) is 4.22. The molecule has 1 aliphatic rings. The first-order valence-electron chi connectivity index (χ1n) is 8.87. The summed E-state index contributed by atoms with van der Waals surface area (Å²) in [6.45, 7) is 6.14. The van der Waals surface area contributed by atoms with Gasteiger partial charge in [0.2, 0.25) is 18.6 Å². The van der Waals surface area contributed by atoms with Gasteiger partial charge in [-0.05, 0) is 49.6 Å². The molecular weight excluding hydrogens is 344 g/mol. The summed E-state index contributed by atoms with van der Waals surface area (Å²) in [6.07, 6.45) is 0. The van der Waals surface area contributed by atoms with Gasteiger partial charge in [-0.25, -0.2) is 0 Å². The molecule has 1 aliphatic heterocycles. The van der Waals surface area contributed by atoms with Gasteiger partial charge in [-0.15, -0.1) is 0 Å². The Morgan fingerprint density at radius 2 is 1.63 bits per heavy atom. The predicted octanol–water partition coefficient (Wildman–Crippen LogP) is 2.68. The molecule has 0 unspecified atom stereocenters. The normalized spacial score (nSPS) is 12.6. The van der Waals surface area contributed by atoms with Crippen molar-refractivity contribution in [2.75, 3.05) is 6.79 Å². The van der Waals surface area contributed by atoms with E-state index >= 15 is 0 Å². The standard InChI is InChI=1S/C21H24N2O4/c1-14-6-4-5-7-16(14)12-23-20(25)21(2,3)19(24)22-11-15-8-9-17-18(10-15)27-13-26-17/h4-10H,11-13H2,1-3H3,(H,22,24)(H,23,25). The van der Waals surface area contributed by atoms with Crippen LogP contribution in [-0.2, 0) is 22.7 Å². The van der Waals surface area contributed by atoms with Crippen LogP contribution < -0.4 is 20.1 Å². The second-order valence-electron chi connectivity index (χ2n) is 7.10. The number of amides is 2. The number of fused-ring (bicyclic) bond motifs is 1. The van der Waals surface area contributed by atoms with Crippen molar-refractivity contribution in [3.05, 3.63) is 59.2 Å². The number of nitrogens with one attached hydrogen (secondary N) is 2. The average molecular weight is 368 g/mol. The Hall–Kier alpha value is -3.02. The number of carbonyl (C=O) groups excluding carboxylic acids is 2. The van der Waals surface area contributed by atoms with Crippen LogP contribution in [0.3, 0.4) is 0 Å². The zero-order valence-electron chi connectivity index (χ0n) is 15.8. The van der Waals surface area contributed by atoms with E-state index in [0.717, 1.165) is 16.7 Å².